The molecule has 0 aromatic rings. The first-order valence-electron chi connectivity index (χ1n) is 8.98. The Balaban J connectivity index is 1.42. The molecule has 2 aliphatic heterocycles. The zero-order valence-corrected chi connectivity index (χ0v) is 13.5. The van der Waals surface area contributed by atoms with Crippen molar-refractivity contribution in [3.63, 3.8) is 0 Å². The highest BCUT2D eigenvalue weighted by Crippen LogP contribution is 2.25. The summed E-state index contributed by atoms with van der Waals surface area (Å²) in [6.45, 7) is 3.17. The van der Waals surface area contributed by atoms with Gasteiger partial charge < -0.3 is 14.5 Å². The van der Waals surface area contributed by atoms with Crippen molar-refractivity contribution in [1.82, 2.24) is 9.80 Å². The van der Waals surface area contributed by atoms with Crippen molar-refractivity contribution in [2.24, 2.45) is 5.92 Å². The van der Waals surface area contributed by atoms with Crippen molar-refractivity contribution in [3.05, 3.63) is 0 Å². The van der Waals surface area contributed by atoms with Crippen LogP contribution in [0.3, 0.4) is 0 Å². The molecule has 0 aromatic heterocycles. The van der Waals surface area contributed by atoms with Crippen LogP contribution < -0.4 is 0 Å². The third kappa shape index (κ3) is 3.73. The van der Waals surface area contributed by atoms with Crippen LogP contribution in [0, 0.1) is 5.92 Å². The molecule has 0 radical (unpaired) electrons. The van der Waals surface area contributed by atoms with Gasteiger partial charge in [-0.1, -0.05) is 6.42 Å². The number of rotatable bonds is 2. The molecule has 2 saturated heterocycles. The summed E-state index contributed by atoms with van der Waals surface area (Å²) >= 11 is 0. The van der Waals surface area contributed by atoms with Gasteiger partial charge in [0.1, 0.15) is 6.10 Å². The van der Waals surface area contributed by atoms with Gasteiger partial charge in [-0.05, 0) is 51.4 Å². The number of nitrogens with zero attached hydrogens (tertiary/aromatic N) is 2. The average molecular weight is 308 g/mol. The molecule has 1 aliphatic carbocycles. The first kappa shape index (κ1) is 15.6. The number of carbonyl (C=O) groups is 2. The summed E-state index contributed by atoms with van der Waals surface area (Å²) in [4.78, 5) is 28.4. The molecule has 0 bridgehead atoms. The van der Waals surface area contributed by atoms with Gasteiger partial charge in [-0.25, -0.2) is 4.79 Å². The van der Waals surface area contributed by atoms with E-state index in [-0.39, 0.29) is 24.0 Å². The van der Waals surface area contributed by atoms with Crippen molar-refractivity contribution < 1.29 is 14.3 Å². The van der Waals surface area contributed by atoms with Gasteiger partial charge in [0.2, 0.25) is 0 Å². The van der Waals surface area contributed by atoms with Crippen LogP contribution in [-0.4, -0.2) is 54.1 Å². The lowest BCUT2D eigenvalue weighted by molar-refractivity contribution is -0.157. The molecular weight excluding hydrogens is 280 g/mol. The number of likely N-dealkylation sites (tertiary alicyclic amines) is 2. The third-order valence-electron chi connectivity index (χ3n) is 5.31. The number of esters is 1. The number of hydrogen-bond acceptors (Lipinski definition) is 3. The van der Waals surface area contributed by atoms with Gasteiger partial charge in [0.15, 0.2) is 0 Å². The van der Waals surface area contributed by atoms with Crippen LogP contribution in [0.1, 0.15) is 57.8 Å². The van der Waals surface area contributed by atoms with Gasteiger partial charge in [-0.15, -0.1) is 0 Å². The minimum atomic E-state index is -0.0276. The number of piperidine rings is 1. The molecule has 0 aromatic carbocycles. The molecule has 0 atom stereocenters. The van der Waals surface area contributed by atoms with Crippen LogP contribution in [0.2, 0.25) is 0 Å². The van der Waals surface area contributed by atoms with E-state index in [2.05, 4.69) is 0 Å². The van der Waals surface area contributed by atoms with Crippen LogP contribution in [0.5, 0.6) is 0 Å². The monoisotopic (exact) mass is 308 g/mol. The third-order valence-corrected chi connectivity index (χ3v) is 5.31. The Morgan fingerprint density at radius 2 is 1.32 bits per heavy atom. The van der Waals surface area contributed by atoms with E-state index < -0.39 is 0 Å². The molecule has 0 unspecified atom stereocenters. The molecule has 0 N–H and O–H groups in total. The Morgan fingerprint density at radius 1 is 0.727 bits per heavy atom. The molecule has 3 fully saturated rings. The SMILES string of the molecule is O=C(OC1CCCCC1)C1CCN(C(=O)N2CCCC2)CC1. The Morgan fingerprint density at radius 3 is 1.95 bits per heavy atom. The van der Waals surface area contributed by atoms with Gasteiger partial charge in [0, 0.05) is 26.2 Å². The van der Waals surface area contributed by atoms with Crippen molar-refractivity contribution >= 4 is 12.0 Å². The Labute approximate surface area is 133 Å². The van der Waals surface area contributed by atoms with E-state index in [1.165, 1.54) is 19.3 Å². The Bertz CT molecular complexity index is 393. The Kier molecular flexibility index (Phi) is 5.21. The summed E-state index contributed by atoms with van der Waals surface area (Å²) < 4.78 is 5.67. The van der Waals surface area contributed by atoms with Crippen molar-refractivity contribution in [2.45, 2.75) is 63.9 Å². The van der Waals surface area contributed by atoms with Gasteiger partial charge in [-0.2, -0.15) is 0 Å². The van der Waals surface area contributed by atoms with E-state index in [1.54, 1.807) is 0 Å². The van der Waals surface area contributed by atoms with Crippen LogP contribution >= 0.6 is 0 Å². The summed E-state index contributed by atoms with van der Waals surface area (Å²) in [5, 5.41) is 0. The van der Waals surface area contributed by atoms with Crippen molar-refractivity contribution in [2.75, 3.05) is 26.2 Å². The van der Waals surface area contributed by atoms with Crippen LogP contribution in [0.4, 0.5) is 4.79 Å². The zero-order chi connectivity index (χ0) is 15.4. The normalized spacial score (nSPS) is 24.5. The van der Waals surface area contributed by atoms with Gasteiger partial charge in [0.05, 0.1) is 5.92 Å². The Hall–Kier alpha value is -1.26. The number of carbonyl (C=O) groups excluding carboxylic acids is 2. The van der Waals surface area contributed by atoms with Crippen LogP contribution in [0.15, 0.2) is 0 Å². The lowest BCUT2D eigenvalue weighted by Crippen LogP contribution is -2.46. The molecular formula is C17H28N2O3. The number of urea groups is 1. The van der Waals surface area contributed by atoms with E-state index in [0.717, 1.165) is 51.6 Å². The topological polar surface area (TPSA) is 49.9 Å². The maximum Gasteiger partial charge on any atom is 0.319 e. The molecule has 22 heavy (non-hydrogen) atoms. The predicted octanol–water partition coefficient (Wildman–Crippen LogP) is 2.79. The number of hydrogen-bond donors (Lipinski definition) is 0. The first-order chi connectivity index (χ1) is 10.7. The number of amides is 2. The highest BCUT2D eigenvalue weighted by molar-refractivity contribution is 5.76. The van der Waals surface area contributed by atoms with Crippen LogP contribution in [0.25, 0.3) is 0 Å². The molecule has 1 saturated carbocycles. The van der Waals surface area contributed by atoms with Gasteiger partial charge in [0.25, 0.3) is 0 Å². The van der Waals surface area contributed by atoms with E-state index in [4.69, 9.17) is 4.74 Å². The van der Waals surface area contributed by atoms with Gasteiger partial charge in [-0.3, -0.25) is 4.79 Å². The predicted molar refractivity (Wildman–Crippen MR) is 83.5 cm³/mol. The smallest absolute Gasteiger partial charge is 0.319 e. The quantitative estimate of drug-likeness (QED) is 0.737. The van der Waals surface area contributed by atoms with Crippen molar-refractivity contribution in [3.8, 4) is 0 Å². The maximum absolute atomic E-state index is 12.3. The standard InChI is InChI=1S/C17H28N2O3/c20-16(22-15-6-2-1-3-7-15)14-8-12-19(13-9-14)17(21)18-10-4-5-11-18/h14-15H,1-13H2. The van der Waals surface area contributed by atoms with Crippen molar-refractivity contribution in [1.29, 1.82) is 0 Å². The first-order valence-corrected chi connectivity index (χ1v) is 8.98. The van der Waals surface area contributed by atoms with Crippen LogP contribution in [-0.2, 0) is 9.53 Å². The van der Waals surface area contributed by atoms with Gasteiger partial charge >= 0.3 is 12.0 Å². The molecule has 5 heteroatoms. The molecule has 0 spiro atoms. The summed E-state index contributed by atoms with van der Waals surface area (Å²) in [7, 11) is 0. The van der Waals surface area contributed by atoms with E-state index in [9.17, 15) is 9.59 Å². The maximum atomic E-state index is 12.3. The lowest BCUT2D eigenvalue weighted by Gasteiger charge is -2.34. The highest BCUT2D eigenvalue weighted by atomic mass is 16.5. The minimum Gasteiger partial charge on any atom is -0.462 e. The number of ether oxygens (including phenoxy) is 1. The largest absolute Gasteiger partial charge is 0.462 e. The second-order valence-electron chi connectivity index (χ2n) is 6.93. The molecule has 3 rings (SSSR count). The lowest BCUT2D eigenvalue weighted by atomic mass is 9.95. The summed E-state index contributed by atoms with van der Waals surface area (Å²) in [6, 6.07) is 0.164. The molecule has 3 aliphatic rings. The molecule has 2 heterocycles. The van der Waals surface area contributed by atoms with E-state index in [0.29, 0.717) is 13.1 Å². The molecule has 124 valence electrons. The fraction of sp³-hybridized carbons (Fsp3) is 0.882. The van der Waals surface area contributed by atoms with E-state index in [1.807, 2.05) is 9.80 Å². The fourth-order valence-corrected chi connectivity index (χ4v) is 3.86. The minimum absolute atomic E-state index is 0.00967. The molecule has 2 amide bonds. The average Bonchev–Trinajstić information content (AvgIpc) is 3.10. The molecule has 5 nitrogen and oxygen atoms in total. The summed E-state index contributed by atoms with van der Waals surface area (Å²) in [5.74, 6) is -0.0373. The van der Waals surface area contributed by atoms with E-state index >= 15 is 0 Å². The fourth-order valence-electron chi connectivity index (χ4n) is 3.86. The zero-order valence-electron chi connectivity index (χ0n) is 13.5. The second kappa shape index (κ2) is 7.34. The second-order valence-corrected chi connectivity index (χ2v) is 6.93. The summed E-state index contributed by atoms with van der Waals surface area (Å²) in [5.41, 5.74) is 0. The summed E-state index contributed by atoms with van der Waals surface area (Å²) in [6.07, 6.45) is 9.58. The highest BCUT2D eigenvalue weighted by Gasteiger charge is 2.32.